The van der Waals surface area contributed by atoms with Gasteiger partial charge >= 0.3 is 0 Å². The van der Waals surface area contributed by atoms with Crippen molar-refractivity contribution in [1.82, 2.24) is 0 Å². The van der Waals surface area contributed by atoms with Crippen LogP contribution >= 0.6 is 0 Å². The maximum atomic E-state index is 10.1. The van der Waals surface area contributed by atoms with Crippen molar-refractivity contribution in [3.8, 4) is 0 Å². The smallest absolute Gasteiger partial charge is 0.105 e. The summed E-state index contributed by atoms with van der Waals surface area (Å²) in [5.41, 5.74) is 0. The molecule has 17 heavy (non-hydrogen) atoms. The predicted molar refractivity (Wildman–Crippen MR) is 71.5 cm³/mol. The highest BCUT2D eigenvalue weighted by Crippen LogP contribution is 2.12. The molecule has 0 aliphatic rings. The molecule has 1 unspecified atom stereocenters. The second kappa shape index (κ2) is 11.5. The van der Waals surface area contributed by atoms with Gasteiger partial charge in [-0.1, -0.05) is 32.6 Å². The third kappa shape index (κ3) is 8.17. The molecular formula is C14H32BrNO. The first-order chi connectivity index (χ1) is 7.64. The molecule has 2 nitrogen and oxygen atoms in total. The maximum absolute atomic E-state index is 10.1. The number of likely N-dealkylation sites (N-methyl/N-ethyl adjacent to an activating group) is 1. The highest BCUT2D eigenvalue weighted by molar-refractivity contribution is 4.56. The largest absolute Gasteiger partial charge is 1.00 e. The van der Waals surface area contributed by atoms with Gasteiger partial charge in [0.2, 0.25) is 0 Å². The van der Waals surface area contributed by atoms with Crippen LogP contribution in [0.4, 0.5) is 0 Å². The minimum atomic E-state index is -0.100. The van der Waals surface area contributed by atoms with Gasteiger partial charge in [0.05, 0.1) is 19.6 Å². The summed E-state index contributed by atoms with van der Waals surface area (Å²) in [5, 5.41) is 10.1. The molecule has 0 bridgehead atoms. The lowest BCUT2D eigenvalue weighted by Crippen LogP contribution is -3.00. The number of nitrogens with zero attached hydrogens (tertiary/aromatic N) is 1. The number of hydrogen-bond acceptors (Lipinski definition) is 1. The number of aliphatic hydroxyl groups is 1. The molecule has 1 atom stereocenters. The summed E-state index contributed by atoms with van der Waals surface area (Å²) in [6, 6.07) is 0. The Morgan fingerprint density at radius 3 is 1.82 bits per heavy atom. The first-order valence-electron chi connectivity index (χ1n) is 7.17. The van der Waals surface area contributed by atoms with E-state index in [1.807, 2.05) is 0 Å². The van der Waals surface area contributed by atoms with E-state index >= 15 is 0 Å². The summed E-state index contributed by atoms with van der Waals surface area (Å²) in [6.45, 7) is 13.3. The van der Waals surface area contributed by atoms with E-state index in [-0.39, 0.29) is 23.1 Å². The van der Waals surface area contributed by atoms with E-state index in [1.165, 1.54) is 25.7 Å². The molecule has 0 aromatic heterocycles. The second-order valence-corrected chi connectivity index (χ2v) is 4.98. The summed E-state index contributed by atoms with van der Waals surface area (Å²) < 4.78 is 1.06. The fourth-order valence-electron chi connectivity index (χ4n) is 2.40. The van der Waals surface area contributed by atoms with Crippen molar-refractivity contribution >= 4 is 0 Å². The van der Waals surface area contributed by atoms with Crippen molar-refractivity contribution in [3.05, 3.63) is 0 Å². The third-order valence-corrected chi connectivity index (χ3v) is 4.00. The van der Waals surface area contributed by atoms with Gasteiger partial charge in [-0.25, -0.2) is 0 Å². The fraction of sp³-hybridized carbons (Fsp3) is 1.00. The molecule has 0 aromatic carbocycles. The number of unbranched alkanes of at least 4 members (excludes halogenated alkanes) is 3. The molecule has 3 heteroatoms. The molecule has 0 rings (SSSR count). The quantitative estimate of drug-likeness (QED) is 0.451. The molecule has 0 saturated carbocycles. The van der Waals surface area contributed by atoms with Gasteiger partial charge in [0.15, 0.2) is 0 Å². The van der Waals surface area contributed by atoms with Crippen LogP contribution in [0.2, 0.25) is 0 Å². The molecule has 0 amide bonds. The Balaban J connectivity index is 0. The topological polar surface area (TPSA) is 20.2 Å². The average Bonchev–Trinajstić information content (AvgIpc) is 2.32. The molecule has 0 fully saturated rings. The number of rotatable bonds is 10. The van der Waals surface area contributed by atoms with Crippen LogP contribution in [-0.2, 0) is 0 Å². The minimum absolute atomic E-state index is 0. The standard InChI is InChI=1S/C14H32NO.BrH/c1-5-9-10-11-12-14(16)13-15(6-2,7-3)8-4;/h14,16H,5-13H2,1-4H3;1H/q+1;/p-1. The molecule has 0 aliphatic carbocycles. The lowest BCUT2D eigenvalue weighted by Gasteiger charge is -2.37. The van der Waals surface area contributed by atoms with Crippen LogP contribution in [0.1, 0.15) is 59.8 Å². The van der Waals surface area contributed by atoms with E-state index < -0.39 is 0 Å². The zero-order valence-electron chi connectivity index (χ0n) is 12.2. The Morgan fingerprint density at radius 2 is 1.41 bits per heavy atom. The Bertz CT molecular complexity index is 152. The second-order valence-electron chi connectivity index (χ2n) is 4.98. The number of aliphatic hydroxyl groups excluding tert-OH is 1. The van der Waals surface area contributed by atoms with Crippen LogP contribution in [0.25, 0.3) is 0 Å². The zero-order valence-corrected chi connectivity index (χ0v) is 13.8. The minimum Gasteiger partial charge on any atom is -1.00 e. The Labute approximate surface area is 119 Å². The molecule has 0 aromatic rings. The molecule has 0 saturated heterocycles. The Morgan fingerprint density at radius 1 is 0.882 bits per heavy atom. The summed E-state index contributed by atoms with van der Waals surface area (Å²) in [5.74, 6) is 0. The monoisotopic (exact) mass is 309 g/mol. The molecular weight excluding hydrogens is 278 g/mol. The summed E-state index contributed by atoms with van der Waals surface area (Å²) in [4.78, 5) is 0. The van der Waals surface area contributed by atoms with E-state index in [9.17, 15) is 5.11 Å². The molecule has 0 radical (unpaired) electrons. The van der Waals surface area contributed by atoms with Gasteiger partial charge in [-0.05, 0) is 27.2 Å². The molecule has 0 spiro atoms. The van der Waals surface area contributed by atoms with Gasteiger partial charge in [0.25, 0.3) is 0 Å². The fourth-order valence-corrected chi connectivity index (χ4v) is 2.40. The van der Waals surface area contributed by atoms with Crippen LogP contribution < -0.4 is 17.0 Å². The van der Waals surface area contributed by atoms with E-state index in [0.717, 1.165) is 37.1 Å². The van der Waals surface area contributed by atoms with Crippen molar-refractivity contribution in [3.63, 3.8) is 0 Å². The predicted octanol–water partition coefficient (Wildman–Crippen LogP) is 0.198. The molecule has 0 aliphatic heterocycles. The molecule has 0 heterocycles. The van der Waals surface area contributed by atoms with Crippen LogP contribution in [0.3, 0.4) is 0 Å². The Kier molecular flexibility index (Phi) is 13.3. The van der Waals surface area contributed by atoms with Crippen LogP contribution in [0.15, 0.2) is 0 Å². The summed E-state index contributed by atoms with van der Waals surface area (Å²) >= 11 is 0. The van der Waals surface area contributed by atoms with Gasteiger partial charge in [-0.2, -0.15) is 0 Å². The highest BCUT2D eigenvalue weighted by Gasteiger charge is 2.24. The van der Waals surface area contributed by atoms with Crippen molar-refractivity contribution in [2.24, 2.45) is 0 Å². The van der Waals surface area contributed by atoms with E-state index in [0.29, 0.717) is 0 Å². The van der Waals surface area contributed by atoms with Gasteiger partial charge < -0.3 is 26.6 Å². The van der Waals surface area contributed by atoms with Crippen LogP contribution in [-0.4, -0.2) is 41.9 Å². The summed E-state index contributed by atoms with van der Waals surface area (Å²) in [7, 11) is 0. The average molecular weight is 310 g/mol. The lowest BCUT2D eigenvalue weighted by molar-refractivity contribution is -0.926. The van der Waals surface area contributed by atoms with Crippen molar-refractivity contribution in [2.45, 2.75) is 65.9 Å². The lowest BCUT2D eigenvalue weighted by atomic mass is 10.1. The molecule has 1 N–H and O–H groups in total. The van der Waals surface area contributed by atoms with Crippen molar-refractivity contribution in [2.75, 3.05) is 26.2 Å². The maximum Gasteiger partial charge on any atom is 0.105 e. The highest BCUT2D eigenvalue weighted by atomic mass is 79.9. The van der Waals surface area contributed by atoms with Crippen LogP contribution in [0.5, 0.6) is 0 Å². The van der Waals surface area contributed by atoms with E-state index in [2.05, 4.69) is 27.7 Å². The zero-order chi connectivity index (χ0) is 12.4. The number of hydrogen-bond donors (Lipinski definition) is 1. The first-order valence-corrected chi connectivity index (χ1v) is 7.17. The van der Waals surface area contributed by atoms with Gasteiger partial charge in [-0.3, -0.25) is 0 Å². The first kappa shape index (κ1) is 19.7. The molecule has 106 valence electrons. The van der Waals surface area contributed by atoms with Gasteiger partial charge in [0, 0.05) is 0 Å². The number of halogens is 1. The van der Waals surface area contributed by atoms with Gasteiger partial charge in [-0.15, -0.1) is 0 Å². The summed E-state index contributed by atoms with van der Waals surface area (Å²) in [6.07, 6.45) is 5.93. The normalized spacial score (nSPS) is 13.2. The van der Waals surface area contributed by atoms with E-state index in [4.69, 9.17) is 0 Å². The number of quaternary nitrogens is 1. The van der Waals surface area contributed by atoms with Gasteiger partial charge in [0.1, 0.15) is 12.6 Å². The van der Waals surface area contributed by atoms with E-state index in [1.54, 1.807) is 0 Å². The SMILES string of the molecule is CCCCCCC(O)C[N+](CC)(CC)CC.[Br-]. The third-order valence-electron chi connectivity index (χ3n) is 4.00. The van der Waals surface area contributed by atoms with Crippen molar-refractivity contribution in [1.29, 1.82) is 0 Å². The van der Waals surface area contributed by atoms with Crippen molar-refractivity contribution < 1.29 is 26.6 Å². The Hall–Kier alpha value is 0.400. The van der Waals surface area contributed by atoms with Crippen LogP contribution in [0, 0.1) is 0 Å².